The number of carbonyl (C=O) groups is 1. The summed E-state index contributed by atoms with van der Waals surface area (Å²) in [5, 5.41) is 11.3. The van der Waals surface area contributed by atoms with Gasteiger partial charge in [0.05, 0.1) is 0 Å². The van der Waals surface area contributed by atoms with Gasteiger partial charge in [0.15, 0.2) is 5.50 Å². The summed E-state index contributed by atoms with van der Waals surface area (Å²) in [6.45, 7) is 2.18. The molecule has 0 bridgehead atoms. The maximum atomic E-state index is 10.6. The first-order chi connectivity index (χ1) is 8.13. The number of carboxylic acids is 1. The summed E-state index contributed by atoms with van der Waals surface area (Å²) in [6.07, 6.45) is 4.71. The summed E-state index contributed by atoms with van der Waals surface area (Å²) < 4.78 is 0. The molecule has 0 aliphatic heterocycles. The van der Waals surface area contributed by atoms with Crippen molar-refractivity contribution >= 4 is 23.3 Å². The van der Waals surface area contributed by atoms with Gasteiger partial charge in [0.2, 0.25) is 0 Å². The number of aliphatic carboxylic acids is 1. The molecular formula is C13H18ClNO2. The Bertz CT molecular complexity index is 351. The van der Waals surface area contributed by atoms with E-state index in [4.69, 9.17) is 16.7 Å². The Morgan fingerprint density at radius 2 is 2.00 bits per heavy atom. The molecule has 0 aliphatic rings. The summed E-state index contributed by atoms with van der Waals surface area (Å²) in [7, 11) is 0. The highest BCUT2D eigenvalue weighted by Crippen LogP contribution is 2.14. The standard InChI is InChI=1S/C13H18ClNO2/c1-2-3-4-5-10-6-8-11(9-7-10)15-12(14)13(16)17/h6-9,12,15H,2-5H2,1H3,(H,16,17). The summed E-state index contributed by atoms with van der Waals surface area (Å²) >= 11 is 5.58. The highest BCUT2D eigenvalue weighted by Gasteiger charge is 2.12. The summed E-state index contributed by atoms with van der Waals surface area (Å²) in [6, 6.07) is 7.73. The molecule has 1 rings (SSSR count). The molecule has 0 radical (unpaired) electrons. The van der Waals surface area contributed by atoms with Gasteiger partial charge in [-0.05, 0) is 30.5 Å². The second kappa shape index (κ2) is 7.17. The number of rotatable bonds is 7. The first kappa shape index (κ1) is 13.8. The van der Waals surface area contributed by atoms with Crippen molar-refractivity contribution in [3.05, 3.63) is 29.8 Å². The van der Waals surface area contributed by atoms with E-state index in [1.165, 1.54) is 24.8 Å². The van der Waals surface area contributed by atoms with Crippen molar-refractivity contribution in [2.75, 3.05) is 5.32 Å². The van der Waals surface area contributed by atoms with Gasteiger partial charge in [-0.2, -0.15) is 0 Å². The molecule has 2 N–H and O–H groups in total. The van der Waals surface area contributed by atoms with Crippen LogP contribution in [0.5, 0.6) is 0 Å². The Labute approximate surface area is 107 Å². The summed E-state index contributed by atoms with van der Waals surface area (Å²) in [5.41, 5.74) is 0.915. The van der Waals surface area contributed by atoms with Crippen molar-refractivity contribution in [2.24, 2.45) is 0 Å². The second-order valence-electron chi connectivity index (χ2n) is 4.00. The molecular weight excluding hydrogens is 238 g/mol. The number of unbranched alkanes of at least 4 members (excludes halogenated alkanes) is 2. The molecule has 1 aromatic carbocycles. The molecule has 0 saturated carbocycles. The fraction of sp³-hybridized carbons (Fsp3) is 0.462. The Morgan fingerprint density at radius 3 is 2.53 bits per heavy atom. The van der Waals surface area contributed by atoms with Gasteiger partial charge in [-0.15, -0.1) is 0 Å². The van der Waals surface area contributed by atoms with Gasteiger partial charge >= 0.3 is 5.97 Å². The fourth-order valence-corrected chi connectivity index (χ4v) is 1.68. The van der Waals surface area contributed by atoms with Crippen LogP contribution >= 0.6 is 11.6 Å². The van der Waals surface area contributed by atoms with E-state index in [0.29, 0.717) is 0 Å². The van der Waals surface area contributed by atoms with Gasteiger partial charge in [0.1, 0.15) is 0 Å². The van der Waals surface area contributed by atoms with Gasteiger partial charge in [-0.25, -0.2) is 4.79 Å². The number of anilines is 1. The molecule has 0 spiro atoms. The van der Waals surface area contributed by atoms with Crippen LogP contribution in [0.2, 0.25) is 0 Å². The lowest BCUT2D eigenvalue weighted by molar-refractivity contribution is -0.136. The Kier molecular flexibility index (Phi) is 5.84. The summed E-state index contributed by atoms with van der Waals surface area (Å²) in [4.78, 5) is 10.6. The van der Waals surface area contributed by atoms with Crippen molar-refractivity contribution in [1.29, 1.82) is 0 Å². The molecule has 1 unspecified atom stereocenters. The van der Waals surface area contributed by atoms with Crippen LogP contribution in [-0.4, -0.2) is 16.6 Å². The van der Waals surface area contributed by atoms with Gasteiger partial charge in [-0.1, -0.05) is 43.5 Å². The van der Waals surface area contributed by atoms with E-state index in [1.54, 1.807) is 0 Å². The average Bonchev–Trinajstić information content (AvgIpc) is 2.31. The maximum Gasteiger partial charge on any atom is 0.341 e. The van der Waals surface area contributed by atoms with E-state index in [2.05, 4.69) is 12.2 Å². The monoisotopic (exact) mass is 255 g/mol. The maximum absolute atomic E-state index is 10.6. The van der Waals surface area contributed by atoms with Crippen LogP contribution in [0, 0.1) is 0 Å². The second-order valence-corrected chi connectivity index (χ2v) is 4.44. The third-order valence-electron chi connectivity index (χ3n) is 2.53. The largest absolute Gasteiger partial charge is 0.479 e. The van der Waals surface area contributed by atoms with Crippen LogP contribution in [0.15, 0.2) is 24.3 Å². The van der Waals surface area contributed by atoms with E-state index >= 15 is 0 Å². The van der Waals surface area contributed by atoms with Crippen LogP contribution in [0.4, 0.5) is 5.69 Å². The first-order valence-electron chi connectivity index (χ1n) is 5.86. The average molecular weight is 256 g/mol. The fourth-order valence-electron chi connectivity index (χ4n) is 1.55. The molecule has 94 valence electrons. The smallest absolute Gasteiger partial charge is 0.341 e. The zero-order chi connectivity index (χ0) is 12.7. The quantitative estimate of drug-likeness (QED) is 0.446. The lowest BCUT2D eigenvalue weighted by atomic mass is 10.1. The van der Waals surface area contributed by atoms with Crippen LogP contribution in [0.1, 0.15) is 31.7 Å². The van der Waals surface area contributed by atoms with Gasteiger partial charge in [0, 0.05) is 5.69 Å². The molecule has 1 atom stereocenters. The normalized spacial score (nSPS) is 12.1. The predicted octanol–water partition coefficient (Wildman–Crippen LogP) is 3.48. The van der Waals surface area contributed by atoms with Crippen molar-refractivity contribution in [1.82, 2.24) is 0 Å². The topological polar surface area (TPSA) is 49.3 Å². The summed E-state index contributed by atoms with van der Waals surface area (Å²) in [5.74, 6) is -1.07. The highest BCUT2D eigenvalue weighted by atomic mass is 35.5. The number of aryl methyl sites for hydroxylation is 1. The molecule has 0 aromatic heterocycles. The minimum Gasteiger partial charge on any atom is -0.479 e. The number of benzene rings is 1. The molecule has 0 aliphatic carbocycles. The van der Waals surface area contributed by atoms with Crippen LogP contribution in [-0.2, 0) is 11.2 Å². The molecule has 0 fully saturated rings. The van der Waals surface area contributed by atoms with Gasteiger partial charge in [-0.3, -0.25) is 0 Å². The molecule has 3 nitrogen and oxygen atoms in total. The minimum absolute atomic E-state index is 0.728. The molecule has 1 aromatic rings. The van der Waals surface area contributed by atoms with E-state index in [-0.39, 0.29) is 0 Å². The van der Waals surface area contributed by atoms with Crippen LogP contribution in [0.25, 0.3) is 0 Å². The predicted molar refractivity (Wildman–Crippen MR) is 70.6 cm³/mol. The van der Waals surface area contributed by atoms with E-state index < -0.39 is 11.5 Å². The van der Waals surface area contributed by atoms with E-state index in [9.17, 15) is 4.79 Å². The zero-order valence-corrected chi connectivity index (χ0v) is 10.7. The lowest BCUT2D eigenvalue weighted by Gasteiger charge is -2.09. The third-order valence-corrected chi connectivity index (χ3v) is 2.83. The number of alkyl halides is 1. The SMILES string of the molecule is CCCCCc1ccc(NC(Cl)C(=O)O)cc1. The van der Waals surface area contributed by atoms with Gasteiger partial charge in [0.25, 0.3) is 0 Å². The molecule has 0 amide bonds. The third kappa shape index (κ3) is 5.09. The van der Waals surface area contributed by atoms with Crippen LogP contribution < -0.4 is 5.32 Å². The lowest BCUT2D eigenvalue weighted by Crippen LogP contribution is -2.22. The molecule has 4 heteroatoms. The van der Waals surface area contributed by atoms with Crippen molar-refractivity contribution in [2.45, 2.75) is 38.1 Å². The zero-order valence-electron chi connectivity index (χ0n) is 9.95. The number of nitrogens with one attached hydrogen (secondary N) is 1. The van der Waals surface area contributed by atoms with Crippen molar-refractivity contribution in [3.63, 3.8) is 0 Å². The Balaban J connectivity index is 2.47. The first-order valence-corrected chi connectivity index (χ1v) is 6.29. The highest BCUT2D eigenvalue weighted by molar-refractivity contribution is 6.30. The Hall–Kier alpha value is -1.22. The van der Waals surface area contributed by atoms with Gasteiger partial charge < -0.3 is 10.4 Å². The van der Waals surface area contributed by atoms with Crippen molar-refractivity contribution in [3.8, 4) is 0 Å². The van der Waals surface area contributed by atoms with E-state index in [0.717, 1.165) is 12.1 Å². The molecule has 0 heterocycles. The minimum atomic E-state index is -1.08. The number of hydrogen-bond acceptors (Lipinski definition) is 2. The van der Waals surface area contributed by atoms with Crippen molar-refractivity contribution < 1.29 is 9.90 Å². The molecule has 0 saturated heterocycles. The number of carboxylic acid groups (broad SMARTS) is 1. The Morgan fingerprint density at radius 1 is 1.35 bits per heavy atom. The van der Waals surface area contributed by atoms with E-state index in [1.807, 2.05) is 24.3 Å². The number of hydrogen-bond donors (Lipinski definition) is 2. The van der Waals surface area contributed by atoms with Crippen LogP contribution in [0.3, 0.4) is 0 Å². The number of halogens is 1. The molecule has 17 heavy (non-hydrogen) atoms.